The van der Waals surface area contributed by atoms with E-state index in [0.717, 1.165) is 13.1 Å². The molecule has 1 aromatic rings. The second kappa shape index (κ2) is 6.57. The highest BCUT2D eigenvalue weighted by atomic mass is 16.5. The molecule has 1 amide bonds. The van der Waals surface area contributed by atoms with E-state index < -0.39 is 0 Å². The lowest BCUT2D eigenvalue weighted by Gasteiger charge is -2.34. The van der Waals surface area contributed by atoms with E-state index in [4.69, 9.17) is 5.73 Å². The molecule has 0 saturated carbocycles. The molecule has 0 radical (unpaired) electrons. The van der Waals surface area contributed by atoms with Crippen molar-refractivity contribution in [1.82, 2.24) is 19.6 Å². The average Bonchev–Trinajstić information content (AvgIpc) is 2.83. The zero-order chi connectivity index (χ0) is 15.4. The standard InChI is InChI=1S/C13H21N5O3/c1-16-9-10(14)12(15-16)13(20)18-7-5-17(6-8-18)4-3-11(19)21-2/h9H,3-8,14H2,1-2H3. The van der Waals surface area contributed by atoms with E-state index in [9.17, 15) is 9.59 Å². The van der Waals surface area contributed by atoms with Crippen LogP contribution in [0.15, 0.2) is 6.20 Å². The summed E-state index contributed by atoms with van der Waals surface area (Å²) in [6, 6.07) is 0. The lowest BCUT2D eigenvalue weighted by Crippen LogP contribution is -2.49. The molecule has 1 fully saturated rings. The summed E-state index contributed by atoms with van der Waals surface area (Å²) in [5, 5.41) is 4.10. The predicted molar refractivity (Wildman–Crippen MR) is 76.6 cm³/mol. The molecule has 2 rings (SSSR count). The third-order valence-electron chi connectivity index (χ3n) is 3.58. The van der Waals surface area contributed by atoms with Crippen molar-refractivity contribution in [3.05, 3.63) is 11.9 Å². The Labute approximate surface area is 123 Å². The molecule has 0 atom stereocenters. The monoisotopic (exact) mass is 295 g/mol. The van der Waals surface area contributed by atoms with E-state index in [1.54, 1.807) is 18.1 Å². The summed E-state index contributed by atoms with van der Waals surface area (Å²) < 4.78 is 6.16. The van der Waals surface area contributed by atoms with Gasteiger partial charge in [0, 0.05) is 46.0 Å². The van der Waals surface area contributed by atoms with Crippen molar-refractivity contribution in [3.63, 3.8) is 0 Å². The number of carbonyl (C=O) groups excluding carboxylic acids is 2. The van der Waals surface area contributed by atoms with E-state index in [1.807, 2.05) is 0 Å². The lowest BCUT2D eigenvalue weighted by molar-refractivity contribution is -0.141. The highest BCUT2D eigenvalue weighted by Crippen LogP contribution is 2.13. The van der Waals surface area contributed by atoms with E-state index in [1.165, 1.54) is 11.8 Å². The van der Waals surface area contributed by atoms with Crippen LogP contribution in [-0.4, -0.2) is 71.3 Å². The van der Waals surface area contributed by atoms with Gasteiger partial charge in [-0.25, -0.2) is 0 Å². The number of anilines is 1. The smallest absolute Gasteiger partial charge is 0.306 e. The molecule has 8 heteroatoms. The number of nitrogen functional groups attached to an aromatic ring is 1. The number of hydrogen-bond acceptors (Lipinski definition) is 6. The predicted octanol–water partition coefficient (Wildman–Crippen LogP) is -0.677. The van der Waals surface area contributed by atoms with Crippen molar-refractivity contribution in [2.75, 3.05) is 45.6 Å². The molecule has 1 saturated heterocycles. The maximum Gasteiger partial charge on any atom is 0.306 e. The number of nitrogens with zero attached hydrogens (tertiary/aromatic N) is 4. The molecule has 21 heavy (non-hydrogen) atoms. The van der Waals surface area contributed by atoms with Crippen molar-refractivity contribution < 1.29 is 14.3 Å². The summed E-state index contributed by atoms with van der Waals surface area (Å²) in [7, 11) is 3.12. The van der Waals surface area contributed by atoms with Gasteiger partial charge in [0.1, 0.15) is 0 Å². The third kappa shape index (κ3) is 3.72. The molecule has 2 N–H and O–H groups in total. The fourth-order valence-corrected chi connectivity index (χ4v) is 2.35. The number of hydrogen-bond donors (Lipinski definition) is 1. The summed E-state index contributed by atoms with van der Waals surface area (Å²) >= 11 is 0. The molecule has 1 aliphatic rings. The van der Waals surface area contributed by atoms with Crippen LogP contribution in [0.1, 0.15) is 16.9 Å². The number of esters is 1. The summed E-state index contributed by atoms with van der Waals surface area (Å²) in [5.74, 6) is -0.351. The zero-order valence-electron chi connectivity index (χ0n) is 12.4. The van der Waals surface area contributed by atoms with Gasteiger partial charge in [-0.05, 0) is 0 Å². The van der Waals surface area contributed by atoms with Crippen molar-refractivity contribution in [1.29, 1.82) is 0 Å². The number of methoxy groups -OCH3 is 1. The number of amides is 1. The highest BCUT2D eigenvalue weighted by molar-refractivity contribution is 5.97. The fourth-order valence-electron chi connectivity index (χ4n) is 2.35. The summed E-state index contributed by atoms with van der Waals surface area (Å²) in [4.78, 5) is 27.3. The van der Waals surface area contributed by atoms with Gasteiger partial charge < -0.3 is 15.4 Å². The third-order valence-corrected chi connectivity index (χ3v) is 3.58. The van der Waals surface area contributed by atoms with Crippen LogP contribution < -0.4 is 5.73 Å². The van der Waals surface area contributed by atoms with Crippen molar-refractivity contribution in [2.45, 2.75) is 6.42 Å². The van der Waals surface area contributed by atoms with Crippen LogP contribution in [0.4, 0.5) is 5.69 Å². The molecule has 2 heterocycles. The van der Waals surface area contributed by atoms with Gasteiger partial charge in [0.25, 0.3) is 5.91 Å². The Morgan fingerprint density at radius 3 is 2.52 bits per heavy atom. The zero-order valence-corrected chi connectivity index (χ0v) is 12.4. The molecule has 1 aliphatic heterocycles. The van der Waals surface area contributed by atoms with Crippen LogP contribution in [0.5, 0.6) is 0 Å². The number of nitrogens with two attached hydrogens (primary N) is 1. The molecular weight excluding hydrogens is 274 g/mol. The minimum absolute atomic E-state index is 0.138. The molecule has 116 valence electrons. The van der Waals surface area contributed by atoms with Gasteiger partial charge in [-0.2, -0.15) is 5.10 Å². The molecule has 0 aromatic carbocycles. The Morgan fingerprint density at radius 1 is 1.33 bits per heavy atom. The first-order chi connectivity index (χ1) is 10.0. The summed E-state index contributed by atoms with van der Waals surface area (Å²) in [6.07, 6.45) is 2.00. The highest BCUT2D eigenvalue weighted by Gasteiger charge is 2.25. The largest absolute Gasteiger partial charge is 0.469 e. The first-order valence-corrected chi connectivity index (χ1v) is 6.89. The van der Waals surface area contributed by atoms with Gasteiger partial charge in [0.15, 0.2) is 5.69 Å². The van der Waals surface area contributed by atoms with Gasteiger partial charge in [-0.3, -0.25) is 19.2 Å². The number of rotatable bonds is 4. The van der Waals surface area contributed by atoms with Gasteiger partial charge in [0.05, 0.1) is 19.2 Å². The quantitative estimate of drug-likeness (QED) is 0.740. The number of ether oxygens (including phenoxy) is 1. The average molecular weight is 295 g/mol. The van der Waals surface area contributed by atoms with Crippen LogP contribution >= 0.6 is 0 Å². The van der Waals surface area contributed by atoms with Crippen molar-refractivity contribution in [3.8, 4) is 0 Å². The molecule has 0 bridgehead atoms. The first kappa shape index (κ1) is 15.3. The van der Waals surface area contributed by atoms with Gasteiger partial charge >= 0.3 is 5.97 Å². The minimum atomic E-state index is -0.213. The first-order valence-electron chi connectivity index (χ1n) is 6.89. The van der Waals surface area contributed by atoms with Crippen LogP contribution in [0, 0.1) is 0 Å². The molecule has 0 aliphatic carbocycles. The lowest BCUT2D eigenvalue weighted by atomic mass is 10.2. The van der Waals surface area contributed by atoms with Crippen molar-refractivity contribution in [2.24, 2.45) is 7.05 Å². The van der Waals surface area contributed by atoms with E-state index >= 15 is 0 Å². The van der Waals surface area contributed by atoms with E-state index in [2.05, 4.69) is 14.7 Å². The maximum atomic E-state index is 12.3. The van der Waals surface area contributed by atoms with Crippen molar-refractivity contribution >= 4 is 17.6 Å². The topological polar surface area (TPSA) is 93.7 Å². The van der Waals surface area contributed by atoms with Crippen LogP contribution in [-0.2, 0) is 16.6 Å². The normalized spacial score (nSPS) is 16.0. The summed E-state index contributed by atoms with van der Waals surface area (Å²) in [6.45, 7) is 3.33. The molecule has 8 nitrogen and oxygen atoms in total. The van der Waals surface area contributed by atoms with Gasteiger partial charge in [-0.1, -0.05) is 0 Å². The Hall–Kier alpha value is -2.09. The number of piperazine rings is 1. The number of aryl methyl sites for hydroxylation is 1. The molecule has 0 spiro atoms. The van der Waals surface area contributed by atoms with Gasteiger partial charge in [0.2, 0.25) is 0 Å². The van der Waals surface area contributed by atoms with E-state index in [0.29, 0.717) is 37.4 Å². The Bertz CT molecular complexity index is 520. The maximum absolute atomic E-state index is 12.3. The SMILES string of the molecule is COC(=O)CCN1CCN(C(=O)c2nn(C)cc2N)CC1. The Morgan fingerprint density at radius 2 is 2.00 bits per heavy atom. The summed E-state index contributed by atoms with van der Waals surface area (Å²) in [5.41, 5.74) is 6.48. The number of aromatic nitrogens is 2. The van der Waals surface area contributed by atoms with Gasteiger partial charge in [-0.15, -0.1) is 0 Å². The molecular formula is C13H21N5O3. The second-order valence-electron chi connectivity index (χ2n) is 5.07. The van der Waals surface area contributed by atoms with Crippen LogP contribution in [0.25, 0.3) is 0 Å². The fraction of sp³-hybridized carbons (Fsp3) is 0.615. The van der Waals surface area contributed by atoms with Crippen LogP contribution in [0.3, 0.4) is 0 Å². The second-order valence-corrected chi connectivity index (χ2v) is 5.07. The van der Waals surface area contributed by atoms with E-state index in [-0.39, 0.29) is 11.9 Å². The Balaban J connectivity index is 1.85. The Kier molecular flexibility index (Phi) is 4.79. The van der Waals surface area contributed by atoms with Crippen LogP contribution in [0.2, 0.25) is 0 Å². The molecule has 1 aromatic heterocycles. The number of carbonyl (C=O) groups is 2. The molecule has 0 unspecified atom stereocenters. The minimum Gasteiger partial charge on any atom is -0.469 e.